The van der Waals surface area contributed by atoms with Crippen LogP contribution in [0.1, 0.15) is 53.4 Å². The maximum Gasteiger partial charge on any atom is 0.330 e. The molecule has 0 unspecified atom stereocenters. The van der Waals surface area contributed by atoms with Gasteiger partial charge in [0, 0.05) is 25.9 Å². The first-order valence-corrected chi connectivity index (χ1v) is 9.12. The highest BCUT2D eigenvalue weighted by Crippen LogP contribution is 2.37. The number of hydrogen-bond donors (Lipinski definition) is 2. The van der Waals surface area contributed by atoms with E-state index >= 15 is 0 Å². The quantitative estimate of drug-likeness (QED) is 0.378. The first-order valence-electron chi connectivity index (χ1n) is 9.12. The molecule has 2 N–H and O–H groups in total. The van der Waals surface area contributed by atoms with E-state index in [1.54, 1.807) is 0 Å². The molecule has 0 atom stereocenters. The molecular weight excluding hydrogens is 368 g/mol. The Morgan fingerprint density at radius 2 is 1.07 bits per heavy atom. The normalized spacial score (nSPS) is 21.6. The SMILES string of the molecule is CC1(C)CC(=O)C([N+](=O)[O-])=C(NCCNC2=C([N+](=O)[O-])C(=O)CC(C)(C)C2)C1. The van der Waals surface area contributed by atoms with Gasteiger partial charge in [0.1, 0.15) is 0 Å². The highest BCUT2D eigenvalue weighted by atomic mass is 16.6. The molecule has 0 aliphatic heterocycles. The molecule has 10 heteroatoms. The van der Waals surface area contributed by atoms with Gasteiger partial charge in [0.25, 0.3) is 0 Å². The van der Waals surface area contributed by atoms with E-state index in [0.717, 1.165) is 0 Å². The van der Waals surface area contributed by atoms with Gasteiger partial charge in [-0.05, 0) is 23.7 Å². The highest BCUT2D eigenvalue weighted by molar-refractivity contribution is 5.95. The first kappa shape index (κ1) is 21.5. The summed E-state index contributed by atoms with van der Waals surface area (Å²) in [6, 6.07) is 0. The molecule has 0 heterocycles. The Morgan fingerprint density at radius 3 is 1.36 bits per heavy atom. The van der Waals surface area contributed by atoms with Gasteiger partial charge < -0.3 is 10.6 Å². The molecule has 0 aromatic heterocycles. The lowest BCUT2D eigenvalue weighted by Gasteiger charge is -2.30. The number of nitrogens with zero attached hydrogens (tertiary/aromatic N) is 2. The zero-order valence-electron chi connectivity index (χ0n) is 16.6. The van der Waals surface area contributed by atoms with Crippen molar-refractivity contribution < 1.29 is 19.4 Å². The van der Waals surface area contributed by atoms with Crippen LogP contribution in [0.15, 0.2) is 22.8 Å². The van der Waals surface area contributed by atoms with Crippen molar-refractivity contribution in [3.05, 3.63) is 43.0 Å². The Kier molecular flexibility index (Phi) is 5.91. The van der Waals surface area contributed by atoms with E-state index in [-0.39, 0.29) is 48.2 Å². The minimum atomic E-state index is -0.664. The maximum atomic E-state index is 12.1. The van der Waals surface area contributed by atoms with E-state index in [4.69, 9.17) is 0 Å². The lowest BCUT2D eigenvalue weighted by molar-refractivity contribution is -0.421. The van der Waals surface area contributed by atoms with E-state index in [1.807, 2.05) is 27.7 Å². The van der Waals surface area contributed by atoms with Crippen LogP contribution in [0.5, 0.6) is 0 Å². The summed E-state index contributed by atoms with van der Waals surface area (Å²) in [6.07, 6.45) is 0.957. The lowest BCUT2D eigenvalue weighted by atomic mass is 9.77. The number of allylic oxidation sites excluding steroid dienone is 4. The summed E-state index contributed by atoms with van der Waals surface area (Å²) >= 11 is 0. The standard InChI is InChI=1S/C18H26N4O6/c1-17(2)7-11(15(21(25)26)13(23)9-17)19-5-6-20-12-8-18(3,4)10-14(24)16(12)22(27)28/h19-20H,5-10H2,1-4H3. The van der Waals surface area contributed by atoms with E-state index in [9.17, 15) is 29.8 Å². The summed E-state index contributed by atoms with van der Waals surface area (Å²) in [7, 11) is 0. The smallest absolute Gasteiger partial charge is 0.330 e. The molecule has 0 amide bonds. The van der Waals surface area contributed by atoms with Crippen LogP contribution in [0.2, 0.25) is 0 Å². The Balaban J connectivity index is 2.09. The van der Waals surface area contributed by atoms with E-state index in [0.29, 0.717) is 12.8 Å². The highest BCUT2D eigenvalue weighted by Gasteiger charge is 2.41. The van der Waals surface area contributed by atoms with Crippen molar-refractivity contribution >= 4 is 11.6 Å². The molecule has 0 fully saturated rings. The molecule has 0 saturated heterocycles. The predicted octanol–water partition coefficient (Wildman–Crippen LogP) is 1.92. The fourth-order valence-corrected chi connectivity index (χ4v) is 3.77. The van der Waals surface area contributed by atoms with Gasteiger partial charge >= 0.3 is 11.4 Å². The fraction of sp³-hybridized carbons (Fsp3) is 0.667. The second kappa shape index (κ2) is 7.69. The van der Waals surface area contributed by atoms with Crippen molar-refractivity contribution in [2.45, 2.75) is 53.4 Å². The zero-order valence-corrected chi connectivity index (χ0v) is 16.6. The van der Waals surface area contributed by atoms with Crippen molar-refractivity contribution in [2.24, 2.45) is 10.8 Å². The third-order valence-electron chi connectivity index (χ3n) is 4.86. The predicted molar refractivity (Wildman–Crippen MR) is 100 cm³/mol. The van der Waals surface area contributed by atoms with Gasteiger partial charge in [-0.15, -0.1) is 0 Å². The summed E-state index contributed by atoms with van der Waals surface area (Å²) in [5.41, 5.74) is -1.05. The molecule has 0 aromatic carbocycles. The van der Waals surface area contributed by atoms with Crippen LogP contribution in [-0.4, -0.2) is 34.5 Å². The number of hydrogen-bond acceptors (Lipinski definition) is 8. The van der Waals surface area contributed by atoms with Crippen LogP contribution in [0, 0.1) is 31.1 Å². The van der Waals surface area contributed by atoms with Gasteiger partial charge in [-0.25, -0.2) is 0 Å². The number of ketones is 2. The Morgan fingerprint density at radius 1 is 0.750 bits per heavy atom. The first-order chi connectivity index (χ1) is 12.8. The van der Waals surface area contributed by atoms with Crippen LogP contribution < -0.4 is 10.6 Å². The van der Waals surface area contributed by atoms with Crippen molar-refractivity contribution in [3.63, 3.8) is 0 Å². The number of carbonyl (C=O) groups excluding carboxylic acids is 2. The Labute approximate surface area is 162 Å². The fourth-order valence-electron chi connectivity index (χ4n) is 3.77. The summed E-state index contributed by atoms with van der Waals surface area (Å²) in [5.74, 6) is -1.01. The van der Waals surface area contributed by atoms with Crippen LogP contribution in [0.25, 0.3) is 0 Å². The van der Waals surface area contributed by atoms with Gasteiger partial charge in [0.15, 0.2) is 0 Å². The van der Waals surface area contributed by atoms with E-state index in [1.165, 1.54) is 0 Å². The molecule has 10 nitrogen and oxygen atoms in total. The molecule has 2 rings (SSSR count). The van der Waals surface area contributed by atoms with Gasteiger partial charge in [0.2, 0.25) is 11.6 Å². The van der Waals surface area contributed by atoms with Crippen LogP contribution in [0.3, 0.4) is 0 Å². The van der Waals surface area contributed by atoms with Crippen molar-refractivity contribution in [2.75, 3.05) is 13.1 Å². The van der Waals surface area contributed by atoms with E-state index in [2.05, 4.69) is 10.6 Å². The molecule has 0 aromatic rings. The molecule has 0 bridgehead atoms. The molecule has 28 heavy (non-hydrogen) atoms. The number of Topliss-reactive ketones (excluding diaryl/α,β-unsaturated/α-hetero) is 2. The van der Waals surface area contributed by atoms with Crippen LogP contribution in [0.4, 0.5) is 0 Å². The van der Waals surface area contributed by atoms with Crippen LogP contribution in [-0.2, 0) is 9.59 Å². The largest absolute Gasteiger partial charge is 0.381 e. The summed E-state index contributed by atoms with van der Waals surface area (Å²) in [6.45, 7) is 7.91. The molecular formula is C18H26N4O6. The number of nitrogens with one attached hydrogen (secondary N) is 2. The minimum Gasteiger partial charge on any atom is -0.381 e. The molecule has 0 saturated carbocycles. The third kappa shape index (κ3) is 4.93. The average molecular weight is 394 g/mol. The molecule has 154 valence electrons. The van der Waals surface area contributed by atoms with Crippen LogP contribution >= 0.6 is 0 Å². The summed E-state index contributed by atoms with van der Waals surface area (Å²) in [5, 5.41) is 28.4. The second-order valence-electron chi connectivity index (χ2n) is 8.90. The molecule has 2 aliphatic carbocycles. The lowest BCUT2D eigenvalue weighted by Crippen LogP contribution is -2.38. The zero-order chi connectivity index (χ0) is 21.3. The monoisotopic (exact) mass is 394 g/mol. The topological polar surface area (TPSA) is 144 Å². The Bertz CT molecular complexity index is 728. The van der Waals surface area contributed by atoms with Gasteiger partial charge in [0.05, 0.1) is 21.2 Å². The van der Waals surface area contributed by atoms with Crippen molar-refractivity contribution in [1.29, 1.82) is 0 Å². The average Bonchev–Trinajstić information content (AvgIpc) is 2.47. The number of nitro groups is 2. The van der Waals surface area contributed by atoms with Crippen molar-refractivity contribution in [1.82, 2.24) is 10.6 Å². The number of rotatable bonds is 7. The van der Waals surface area contributed by atoms with Crippen molar-refractivity contribution in [3.8, 4) is 0 Å². The molecule has 0 spiro atoms. The molecule has 2 aliphatic rings. The molecule has 0 radical (unpaired) electrons. The Hall–Kier alpha value is -2.78. The summed E-state index contributed by atoms with van der Waals surface area (Å²) in [4.78, 5) is 45.3. The number of carbonyl (C=O) groups is 2. The van der Waals surface area contributed by atoms with Gasteiger partial charge in [-0.1, -0.05) is 27.7 Å². The maximum absolute atomic E-state index is 12.1. The second-order valence-corrected chi connectivity index (χ2v) is 8.90. The van der Waals surface area contributed by atoms with Gasteiger partial charge in [-0.3, -0.25) is 29.8 Å². The van der Waals surface area contributed by atoms with Gasteiger partial charge in [-0.2, -0.15) is 0 Å². The summed E-state index contributed by atoms with van der Waals surface area (Å²) < 4.78 is 0. The minimum absolute atomic E-state index is 0.114. The van der Waals surface area contributed by atoms with E-state index < -0.39 is 32.8 Å². The third-order valence-corrected chi connectivity index (χ3v) is 4.86.